The quantitative estimate of drug-likeness (QED) is 0.896. The number of benzene rings is 2. The summed E-state index contributed by atoms with van der Waals surface area (Å²) in [5, 5.41) is 10.6. The number of nitrogens with two attached hydrogens (primary N) is 1. The topological polar surface area (TPSA) is 46.2 Å². The lowest BCUT2D eigenvalue weighted by Crippen LogP contribution is -2.15. The molecular formula is C15H15Cl2NO. The van der Waals surface area contributed by atoms with E-state index in [1.54, 1.807) is 18.2 Å². The molecule has 1 unspecified atom stereocenters. The van der Waals surface area contributed by atoms with Gasteiger partial charge in [-0.2, -0.15) is 0 Å². The van der Waals surface area contributed by atoms with Crippen LogP contribution in [0.5, 0.6) is 5.75 Å². The van der Waals surface area contributed by atoms with Gasteiger partial charge >= 0.3 is 0 Å². The Hall–Kier alpha value is -1.22. The highest BCUT2D eigenvalue weighted by Gasteiger charge is 2.12. The monoisotopic (exact) mass is 295 g/mol. The minimum atomic E-state index is 0.150. The van der Waals surface area contributed by atoms with Crippen molar-refractivity contribution in [1.82, 2.24) is 0 Å². The second kappa shape index (κ2) is 6.29. The molecule has 0 aliphatic rings. The Morgan fingerprint density at radius 3 is 2.47 bits per heavy atom. The lowest BCUT2D eigenvalue weighted by Gasteiger charge is -2.16. The maximum absolute atomic E-state index is 9.48. The lowest BCUT2D eigenvalue weighted by molar-refractivity contribution is 0.474. The molecule has 19 heavy (non-hydrogen) atoms. The molecule has 0 radical (unpaired) electrons. The second-order valence-corrected chi connectivity index (χ2v) is 5.29. The first kappa shape index (κ1) is 14.2. The highest BCUT2D eigenvalue weighted by molar-refractivity contribution is 6.42. The van der Waals surface area contributed by atoms with Crippen molar-refractivity contribution in [2.45, 2.75) is 12.3 Å². The minimum Gasteiger partial charge on any atom is -0.508 e. The highest BCUT2D eigenvalue weighted by atomic mass is 35.5. The molecule has 0 saturated heterocycles. The molecule has 100 valence electrons. The van der Waals surface area contributed by atoms with Crippen LogP contribution in [0, 0.1) is 0 Å². The first-order valence-corrected chi connectivity index (χ1v) is 6.78. The van der Waals surface area contributed by atoms with E-state index in [9.17, 15) is 5.11 Å². The summed E-state index contributed by atoms with van der Waals surface area (Å²) in [6, 6.07) is 12.8. The summed E-state index contributed by atoms with van der Waals surface area (Å²) in [6.45, 7) is 0.508. The molecule has 0 aromatic heterocycles. The fourth-order valence-electron chi connectivity index (χ4n) is 2.07. The standard InChI is InChI=1S/C15H15Cl2NO/c16-14-5-4-11(8-15(14)17)12(9-18)6-10-2-1-3-13(19)7-10/h1-5,7-8,12,19H,6,9,18H2. The number of hydrogen-bond acceptors (Lipinski definition) is 2. The number of rotatable bonds is 4. The van der Waals surface area contributed by atoms with Crippen LogP contribution in [0.2, 0.25) is 10.0 Å². The van der Waals surface area contributed by atoms with Gasteiger partial charge < -0.3 is 10.8 Å². The Kier molecular flexibility index (Phi) is 4.70. The number of aromatic hydroxyl groups is 1. The van der Waals surface area contributed by atoms with E-state index in [1.807, 2.05) is 24.3 Å². The van der Waals surface area contributed by atoms with Gasteiger partial charge in [0.05, 0.1) is 10.0 Å². The largest absolute Gasteiger partial charge is 0.508 e. The summed E-state index contributed by atoms with van der Waals surface area (Å²) in [5.74, 6) is 0.416. The molecule has 2 nitrogen and oxygen atoms in total. The molecule has 2 rings (SSSR count). The van der Waals surface area contributed by atoms with Crippen molar-refractivity contribution in [3.63, 3.8) is 0 Å². The van der Waals surface area contributed by atoms with Crippen molar-refractivity contribution in [3.8, 4) is 5.75 Å². The number of hydrogen-bond donors (Lipinski definition) is 2. The summed E-state index contributed by atoms with van der Waals surface area (Å²) in [6.07, 6.45) is 0.753. The maximum atomic E-state index is 9.48. The minimum absolute atomic E-state index is 0.150. The van der Waals surface area contributed by atoms with E-state index in [2.05, 4.69) is 0 Å². The molecule has 3 N–H and O–H groups in total. The van der Waals surface area contributed by atoms with Crippen molar-refractivity contribution in [1.29, 1.82) is 0 Å². The Bertz CT molecular complexity index is 572. The molecular weight excluding hydrogens is 281 g/mol. The van der Waals surface area contributed by atoms with Gasteiger partial charge in [-0.25, -0.2) is 0 Å². The van der Waals surface area contributed by atoms with Gasteiger partial charge in [0.1, 0.15) is 5.75 Å². The van der Waals surface area contributed by atoms with Gasteiger partial charge in [-0.05, 0) is 48.4 Å². The van der Waals surface area contributed by atoms with Crippen LogP contribution in [0.25, 0.3) is 0 Å². The average Bonchev–Trinajstić information content (AvgIpc) is 2.39. The Morgan fingerprint density at radius 1 is 1.05 bits per heavy atom. The predicted molar refractivity (Wildman–Crippen MR) is 80.1 cm³/mol. The van der Waals surface area contributed by atoms with Crippen LogP contribution < -0.4 is 5.73 Å². The van der Waals surface area contributed by atoms with E-state index in [0.29, 0.717) is 16.6 Å². The summed E-state index contributed by atoms with van der Waals surface area (Å²) in [5.41, 5.74) is 7.94. The first-order chi connectivity index (χ1) is 9.10. The zero-order chi connectivity index (χ0) is 13.8. The third-order valence-corrected chi connectivity index (χ3v) is 3.83. The smallest absolute Gasteiger partial charge is 0.115 e. The number of phenolic OH excluding ortho intramolecular Hbond substituents is 1. The zero-order valence-electron chi connectivity index (χ0n) is 10.3. The van der Waals surface area contributed by atoms with Crippen LogP contribution in [0.4, 0.5) is 0 Å². The zero-order valence-corrected chi connectivity index (χ0v) is 11.8. The maximum Gasteiger partial charge on any atom is 0.115 e. The summed E-state index contributed by atoms with van der Waals surface area (Å²) in [4.78, 5) is 0. The Labute approximate surface area is 122 Å². The van der Waals surface area contributed by atoms with Gasteiger partial charge in [-0.15, -0.1) is 0 Å². The van der Waals surface area contributed by atoms with Crippen molar-refractivity contribution < 1.29 is 5.11 Å². The van der Waals surface area contributed by atoms with Crippen LogP contribution in [0.1, 0.15) is 17.0 Å². The highest BCUT2D eigenvalue weighted by Crippen LogP contribution is 2.28. The number of phenols is 1. The van der Waals surface area contributed by atoms with E-state index in [0.717, 1.165) is 17.5 Å². The molecule has 0 aliphatic carbocycles. The van der Waals surface area contributed by atoms with E-state index < -0.39 is 0 Å². The van der Waals surface area contributed by atoms with Gasteiger partial charge in [-0.1, -0.05) is 41.4 Å². The molecule has 0 amide bonds. The first-order valence-electron chi connectivity index (χ1n) is 6.03. The van der Waals surface area contributed by atoms with Gasteiger partial charge in [-0.3, -0.25) is 0 Å². The van der Waals surface area contributed by atoms with Crippen LogP contribution >= 0.6 is 23.2 Å². The molecule has 0 fully saturated rings. The van der Waals surface area contributed by atoms with E-state index in [4.69, 9.17) is 28.9 Å². The van der Waals surface area contributed by atoms with Crippen LogP contribution in [0.3, 0.4) is 0 Å². The predicted octanol–water partition coefficient (Wildman–Crippen LogP) is 3.98. The number of halogens is 2. The summed E-state index contributed by atoms with van der Waals surface area (Å²) in [7, 11) is 0. The van der Waals surface area contributed by atoms with Crippen LogP contribution in [-0.4, -0.2) is 11.7 Å². The fourth-order valence-corrected chi connectivity index (χ4v) is 2.38. The van der Waals surface area contributed by atoms with Gasteiger partial charge in [0, 0.05) is 5.92 Å². The van der Waals surface area contributed by atoms with E-state index in [1.165, 1.54) is 0 Å². The summed E-state index contributed by atoms with van der Waals surface area (Å²) < 4.78 is 0. The third-order valence-electron chi connectivity index (χ3n) is 3.09. The average molecular weight is 296 g/mol. The molecule has 0 aliphatic heterocycles. The van der Waals surface area contributed by atoms with Crippen LogP contribution in [-0.2, 0) is 6.42 Å². The molecule has 0 heterocycles. The normalized spacial score (nSPS) is 12.4. The lowest BCUT2D eigenvalue weighted by atomic mass is 9.92. The van der Waals surface area contributed by atoms with Crippen molar-refractivity contribution in [2.75, 3.05) is 6.54 Å². The molecule has 0 saturated carbocycles. The third kappa shape index (κ3) is 3.63. The Balaban J connectivity index is 2.22. The molecule has 0 spiro atoms. The SMILES string of the molecule is NCC(Cc1cccc(O)c1)c1ccc(Cl)c(Cl)c1. The van der Waals surface area contributed by atoms with Crippen molar-refractivity contribution in [3.05, 3.63) is 63.6 Å². The van der Waals surface area contributed by atoms with E-state index in [-0.39, 0.29) is 11.7 Å². The van der Waals surface area contributed by atoms with Gasteiger partial charge in [0.25, 0.3) is 0 Å². The molecule has 0 bridgehead atoms. The van der Waals surface area contributed by atoms with Crippen LogP contribution in [0.15, 0.2) is 42.5 Å². The molecule has 4 heteroatoms. The second-order valence-electron chi connectivity index (χ2n) is 4.48. The van der Waals surface area contributed by atoms with Crippen molar-refractivity contribution in [2.24, 2.45) is 5.73 Å². The van der Waals surface area contributed by atoms with Gasteiger partial charge in [0.15, 0.2) is 0 Å². The van der Waals surface area contributed by atoms with Crippen molar-refractivity contribution >= 4 is 23.2 Å². The fraction of sp³-hybridized carbons (Fsp3) is 0.200. The summed E-state index contributed by atoms with van der Waals surface area (Å²) >= 11 is 11.9. The molecule has 1 atom stereocenters. The van der Waals surface area contributed by atoms with E-state index >= 15 is 0 Å². The van der Waals surface area contributed by atoms with Gasteiger partial charge in [0.2, 0.25) is 0 Å². The molecule has 2 aromatic carbocycles. The Morgan fingerprint density at radius 2 is 1.84 bits per heavy atom. The molecule has 2 aromatic rings.